The van der Waals surface area contributed by atoms with Crippen molar-refractivity contribution in [3.05, 3.63) is 71.9 Å². The summed E-state index contributed by atoms with van der Waals surface area (Å²) in [4.78, 5) is 9.29. The van der Waals surface area contributed by atoms with Crippen LogP contribution in [0.5, 0.6) is 11.5 Å². The number of fused-ring (bicyclic) bond motifs is 3. The lowest BCUT2D eigenvalue weighted by Gasteiger charge is -2.13. The van der Waals surface area contributed by atoms with E-state index in [2.05, 4.69) is 4.98 Å². The number of nitrogens with zero attached hydrogens (tertiary/aromatic N) is 4. The van der Waals surface area contributed by atoms with Crippen molar-refractivity contribution in [3.63, 3.8) is 0 Å². The number of aromatic nitrogens is 4. The summed E-state index contributed by atoms with van der Waals surface area (Å²) >= 11 is 6.08. The van der Waals surface area contributed by atoms with Crippen LogP contribution >= 0.6 is 11.6 Å². The molecule has 0 unspecified atom stereocenters. The molecule has 148 valence electrons. The molecule has 6 nitrogen and oxygen atoms in total. The Labute approximate surface area is 177 Å². The van der Waals surface area contributed by atoms with E-state index in [1.807, 2.05) is 60.7 Å². The van der Waals surface area contributed by atoms with Crippen LogP contribution in [0, 0.1) is 0 Å². The van der Waals surface area contributed by atoms with Crippen LogP contribution in [0.25, 0.3) is 39.2 Å². The molecule has 2 aromatic carbocycles. The first-order chi connectivity index (χ1) is 14.7. The minimum Gasteiger partial charge on any atom is -0.497 e. The van der Waals surface area contributed by atoms with Crippen molar-refractivity contribution >= 4 is 28.3 Å². The van der Waals surface area contributed by atoms with Gasteiger partial charge in [0.1, 0.15) is 11.5 Å². The largest absolute Gasteiger partial charge is 0.497 e. The minimum absolute atomic E-state index is 0.626. The van der Waals surface area contributed by atoms with Crippen molar-refractivity contribution in [2.45, 2.75) is 0 Å². The highest BCUT2D eigenvalue weighted by molar-refractivity contribution is 6.30. The number of halogens is 1. The highest BCUT2D eigenvalue weighted by atomic mass is 35.5. The van der Waals surface area contributed by atoms with Gasteiger partial charge in [-0.3, -0.25) is 0 Å². The van der Waals surface area contributed by atoms with Gasteiger partial charge in [0.25, 0.3) is 0 Å². The second-order valence-electron chi connectivity index (χ2n) is 6.71. The van der Waals surface area contributed by atoms with Gasteiger partial charge in [0.05, 0.1) is 31.0 Å². The summed E-state index contributed by atoms with van der Waals surface area (Å²) in [6.45, 7) is 0. The maximum atomic E-state index is 6.08. The molecule has 0 spiro atoms. The molecule has 0 aliphatic heterocycles. The smallest absolute Gasteiger partial charge is 0.183 e. The van der Waals surface area contributed by atoms with Crippen LogP contribution in [-0.2, 0) is 0 Å². The first-order valence-electron chi connectivity index (χ1n) is 9.31. The van der Waals surface area contributed by atoms with Gasteiger partial charge >= 0.3 is 0 Å². The predicted octanol–water partition coefficient (Wildman–Crippen LogP) is 5.28. The number of benzene rings is 2. The van der Waals surface area contributed by atoms with E-state index in [0.29, 0.717) is 22.1 Å². The fourth-order valence-corrected chi connectivity index (χ4v) is 3.62. The highest BCUT2D eigenvalue weighted by Crippen LogP contribution is 2.36. The molecule has 0 amide bonds. The Morgan fingerprint density at radius 3 is 2.53 bits per heavy atom. The summed E-state index contributed by atoms with van der Waals surface area (Å²) in [6, 6.07) is 19.1. The summed E-state index contributed by atoms with van der Waals surface area (Å²) in [5.74, 6) is 1.43. The molecular weight excluding hydrogens is 400 g/mol. The SMILES string of the molecule is COc1ccc(OC)c(-c2cc(-c3ccc(Cl)cc3)nc3c4cccnc4nn23)c1. The van der Waals surface area contributed by atoms with Gasteiger partial charge < -0.3 is 9.47 Å². The number of pyridine rings is 1. The Hall–Kier alpha value is -3.64. The fraction of sp³-hybridized carbons (Fsp3) is 0.0870. The normalized spacial score (nSPS) is 11.2. The Bertz CT molecular complexity index is 1380. The maximum Gasteiger partial charge on any atom is 0.183 e. The molecule has 5 rings (SSSR count). The number of rotatable bonds is 4. The van der Waals surface area contributed by atoms with Gasteiger partial charge in [0.15, 0.2) is 11.3 Å². The van der Waals surface area contributed by atoms with Crippen molar-refractivity contribution in [1.29, 1.82) is 0 Å². The second-order valence-corrected chi connectivity index (χ2v) is 7.15. The Morgan fingerprint density at radius 1 is 0.933 bits per heavy atom. The fourth-order valence-electron chi connectivity index (χ4n) is 3.49. The van der Waals surface area contributed by atoms with Crippen molar-refractivity contribution in [3.8, 4) is 34.0 Å². The Kier molecular flexibility index (Phi) is 4.48. The minimum atomic E-state index is 0.626. The Balaban J connectivity index is 1.87. The molecule has 0 atom stereocenters. The third-order valence-electron chi connectivity index (χ3n) is 4.97. The summed E-state index contributed by atoms with van der Waals surface area (Å²) in [6.07, 6.45) is 1.72. The Morgan fingerprint density at radius 2 is 1.77 bits per heavy atom. The number of hydrogen-bond acceptors (Lipinski definition) is 5. The molecule has 0 saturated heterocycles. The van der Waals surface area contributed by atoms with Crippen LogP contribution in [0.3, 0.4) is 0 Å². The van der Waals surface area contributed by atoms with E-state index >= 15 is 0 Å². The zero-order valence-corrected chi connectivity index (χ0v) is 17.1. The first kappa shape index (κ1) is 18.4. The van der Waals surface area contributed by atoms with Crippen LogP contribution in [0.4, 0.5) is 0 Å². The molecule has 7 heteroatoms. The van der Waals surface area contributed by atoms with Gasteiger partial charge in [-0.15, -0.1) is 5.10 Å². The quantitative estimate of drug-likeness (QED) is 0.398. The van der Waals surface area contributed by atoms with E-state index in [4.69, 9.17) is 31.2 Å². The summed E-state index contributed by atoms with van der Waals surface area (Å²) < 4.78 is 12.9. The van der Waals surface area contributed by atoms with Crippen LogP contribution in [0.15, 0.2) is 66.9 Å². The topological polar surface area (TPSA) is 61.5 Å². The van der Waals surface area contributed by atoms with Gasteiger partial charge in [-0.1, -0.05) is 23.7 Å². The molecule has 0 aliphatic rings. The maximum absolute atomic E-state index is 6.08. The van der Waals surface area contributed by atoms with Crippen molar-refractivity contribution in [2.24, 2.45) is 0 Å². The van der Waals surface area contributed by atoms with Gasteiger partial charge in [-0.05, 0) is 48.5 Å². The molecule has 30 heavy (non-hydrogen) atoms. The van der Waals surface area contributed by atoms with E-state index in [1.54, 1.807) is 24.9 Å². The van der Waals surface area contributed by atoms with E-state index < -0.39 is 0 Å². The molecule has 0 fully saturated rings. The molecule has 0 saturated carbocycles. The zero-order valence-electron chi connectivity index (χ0n) is 16.3. The highest BCUT2D eigenvalue weighted by Gasteiger charge is 2.18. The van der Waals surface area contributed by atoms with Crippen molar-refractivity contribution < 1.29 is 9.47 Å². The van der Waals surface area contributed by atoms with Crippen LogP contribution in [-0.4, -0.2) is 33.8 Å². The molecule has 0 N–H and O–H groups in total. The third-order valence-corrected chi connectivity index (χ3v) is 5.23. The van der Waals surface area contributed by atoms with Gasteiger partial charge in [0.2, 0.25) is 0 Å². The molecule has 3 aromatic heterocycles. The predicted molar refractivity (Wildman–Crippen MR) is 117 cm³/mol. The third kappa shape index (κ3) is 3.02. The van der Waals surface area contributed by atoms with Gasteiger partial charge in [-0.2, -0.15) is 0 Å². The average molecular weight is 417 g/mol. The number of hydrogen-bond donors (Lipinski definition) is 0. The molecule has 0 aliphatic carbocycles. The van der Waals surface area contributed by atoms with Crippen LogP contribution in [0.1, 0.15) is 0 Å². The van der Waals surface area contributed by atoms with Gasteiger partial charge in [0, 0.05) is 22.3 Å². The van der Waals surface area contributed by atoms with Crippen LogP contribution in [0.2, 0.25) is 5.02 Å². The van der Waals surface area contributed by atoms with Crippen LogP contribution < -0.4 is 9.47 Å². The summed E-state index contributed by atoms with van der Waals surface area (Å²) in [7, 11) is 3.28. The lowest BCUT2D eigenvalue weighted by atomic mass is 10.1. The molecule has 3 heterocycles. The van der Waals surface area contributed by atoms with E-state index in [1.165, 1.54) is 0 Å². The van der Waals surface area contributed by atoms with E-state index in [-0.39, 0.29) is 0 Å². The first-order valence-corrected chi connectivity index (χ1v) is 9.68. The standard InChI is InChI=1S/C23H17ClN4O2/c1-29-16-9-10-21(30-2)18(12-16)20-13-19(14-5-7-15(24)8-6-14)26-23-17-4-3-11-25-22(17)27-28(20)23/h3-13H,1-2H3. The van der Waals surface area contributed by atoms with E-state index in [0.717, 1.165) is 33.7 Å². The molecule has 5 aromatic rings. The van der Waals surface area contributed by atoms with E-state index in [9.17, 15) is 0 Å². The summed E-state index contributed by atoms with van der Waals surface area (Å²) in [5.41, 5.74) is 4.74. The lowest BCUT2D eigenvalue weighted by molar-refractivity contribution is 0.404. The molecule has 0 radical (unpaired) electrons. The number of methoxy groups -OCH3 is 2. The lowest BCUT2D eigenvalue weighted by Crippen LogP contribution is -2.00. The zero-order chi connectivity index (χ0) is 20.7. The average Bonchev–Trinajstić information content (AvgIpc) is 3.17. The second kappa shape index (κ2) is 7.31. The van der Waals surface area contributed by atoms with Crippen molar-refractivity contribution in [2.75, 3.05) is 14.2 Å². The monoisotopic (exact) mass is 416 g/mol. The van der Waals surface area contributed by atoms with Crippen molar-refractivity contribution in [1.82, 2.24) is 19.6 Å². The molecular formula is C23H17ClN4O2. The van der Waals surface area contributed by atoms with Gasteiger partial charge in [-0.25, -0.2) is 14.5 Å². The number of ether oxygens (including phenoxy) is 2. The molecule has 0 bridgehead atoms. The summed E-state index contributed by atoms with van der Waals surface area (Å²) in [5, 5.41) is 6.24.